The normalized spacial score (nSPS) is 10.9. The van der Waals surface area contributed by atoms with Gasteiger partial charge in [0.1, 0.15) is 0 Å². The molecule has 9 aromatic rings. The molecule has 0 radical (unpaired) electrons. The summed E-state index contributed by atoms with van der Waals surface area (Å²) in [5.74, 6) is 1.78. The van der Waals surface area contributed by atoms with Crippen molar-refractivity contribution in [2.75, 3.05) is 0 Å². The molecule has 0 unspecified atom stereocenters. The fourth-order valence-corrected chi connectivity index (χ4v) is 6.89. The van der Waals surface area contributed by atoms with Crippen LogP contribution in [0.3, 0.4) is 0 Å². The SMILES string of the molecule is N#Cc1ccc(-c2ccc(-c3nc(-c4ccc(-c5ccccc5)cc4)nc(-c4cc(-c5ccccc5)ccc4-c4ccc5ccccc5c4)n3)cc2)cc1. The Morgan fingerprint density at radius 3 is 1.30 bits per heavy atom. The van der Waals surface area contributed by atoms with E-state index in [0.29, 0.717) is 23.0 Å². The van der Waals surface area contributed by atoms with Gasteiger partial charge in [0.2, 0.25) is 0 Å². The zero-order chi connectivity index (χ0) is 36.3. The summed E-state index contributed by atoms with van der Waals surface area (Å²) in [5, 5.41) is 11.6. The summed E-state index contributed by atoms with van der Waals surface area (Å²) >= 11 is 0. The summed E-state index contributed by atoms with van der Waals surface area (Å²) in [5.41, 5.74) is 12.0. The number of fused-ring (bicyclic) bond motifs is 1. The second kappa shape index (κ2) is 14.3. The summed E-state index contributed by atoms with van der Waals surface area (Å²) in [6, 6.07) is 68.9. The molecule has 0 spiro atoms. The predicted molar refractivity (Wildman–Crippen MR) is 220 cm³/mol. The minimum absolute atomic E-state index is 0.586. The van der Waals surface area contributed by atoms with E-state index in [9.17, 15) is 5.26 Å². The van der Waals surface area contributed by atoms with Gasteiger partial charge in [-0.15, -0.1) is 0 Å². The molecule has 252 valence electrons. The van der Waals surface area contributed by atoms with E-state index in [1.165, 1.54) is 10.8 Å². The van der Waals surface area contributed by atoms with Crippen molar-refractivity contribution in [2.24, 2.45) is 0 Å². The first kappa shape index (κ1) is 32.4. The third-order valence-corrected chi connectivity index (χ3v) is 9.80. The first-order valence-corrected chi connectivity index (χ1v) is 17.9. The predicted octanol–water partition coefficient (Wildman–Crippen LogP) is 12.6. The van der Waals surface area contributed by atoms with Crippen molar-refractivity contribution in [1.82, 2.24) is 15.0 Å². The van der Waals surface area contributed by atoms with Gasteiger partial charge in [-0.3, -0.25) is 0 Å². The van der Waals surface area contributed by atoms with Gasteiger partial charge in [-0.25, -0.2) is 15.0 Å². The molecule has 54 heavy (non-hydrogen) atoms. The number of hydrogen-bond acceptors (Lipinski definition) is 4. The minimum Gasteiger partial charge on any atom is -0.208 e. The van der Waals surface area contributed by atoms with E-state index >= 15 is 0 Å². The molecule has 1 heterocycles. The number of benzene rings is 8. The lowest BCUT2D eigenvalue weighted by Gasteiger charge is -2.15. The molecule has 0 atom stereocenters. The van der Waals surface area contributed by atoms with Crippen molar-refractivity contribution in [3.05, 3.63) is 200 Å². The molecule has 4 heteroatoms. The lowest BCUT2D eigenvalue weighted by Crippen LogP contribution is -2.01. The van der Waals surface area contributed by atoms with Crippen LogP contribution in [0, 0.1) is 11.3 Å². The molecule has 1 aromatic heterocycles. The van der Waals surface area contributed by atoms with E-state index in [2.05, 4.69) is 164 Å². The van der Waals surface area contributed by atoms with Crippen LogP contribution in [0.4, 0.5) is 0 Å². The highest BCUT2D eigenvalue weighted by Gasteiger charge is 2.18. The Bertz CT molecular complexity index is 2790. The Hall–Kier alpha value is -7.48. The fraction of sp³-hybridized carbons (Fsp3) is 0. The van der Waals surface area contributed by atoms with E-state index < -0.39 is 0 Å². The zero-order valence-corrected chi connectivity index (χ0v) is 29.3. The van der Waals surface area contributed by atoms with Crippen LogP contribution in [0.1, 0.15) is 5.56 Å². The van der Waals surface area contributed by atoms with E-state index in [1.54, 1.807) is 0 Å². The Balaban J connectivity index is 1.22. The van der Waals surface area contributed by atoms with Crippen LogP contribution in [0.5, 0.6) is 0 Å². The van der Waals surface area contributed by atoms with Crippen LogP contribution in [-0.4, -0.2) is 15.0 Å². The van der Waals surface area contributed by atoms with Gasteiger partial charge in [-0.2, -0.15) is 5.26 Å². The van der Waals surface area contributed by atoms with Crippen molar-refractivity contribution in [2.45, 2.75) is 0 Å². The third kappa shape index (κ3) is 6.54. The van der Waals surface area contributed by atoms with E-state index in [1.807, 2.05) is 36.4 Å². The maximum absolute atomic E-state index is 9.26. The summed E-state index contributed by atoms with van der Waals surface area (Å²) in [6.07, 6.45) is 0. The first-order chi connectivity index (χ1) is 26.7. The van der Waals surface area contributed by atoms with E-state index in [4.69, 9.17) is 15.0 Å². The van der Waals surface area contributed by atoms with Crippen molar-refractivity contribution in [1.29, 1.82) is 5.26 Å². The van der Waals surface area contributed by atoms with Crippen LogP contribution >= 0.6 is 0 Å². The zero-order valence-electron chi connectivity index (χ0n) is 29.3. The molecule has 0 aliphatic carbocycles. The number of rotatable bonds is 7. The van der Waals surface area contributed by atoms with Crippen LogP contribution in [0.25, 0.3) is 89.4 Å². The molecular formula is C50H32N4. The Morgan fingerprint density at radius 2 is 0.722 bits per heavy atom. The number of hydrogen-bond donors (Lipinski definition) is 0. The Morgan fingerprint density at radius 1 is 0.296 bits per heavy atom. The molecular weight excluding hydrogens is 657 g/mol. The Kier molecular flexibility index (Phi) is 8.57. The number of nitriles is 1. The summed E-state index contributed by atoms with van der Waals surface area (Å²) in [4.78, 5) is 15.5. The van der Waals surface area contributed by atoms with Crippen molar-refractivity contribution < 1.29 is 0 Å². The van der Waals surface area contributed by atoms with Gasteiger partial charge in [0.25, 0.3) is 0 Å². The van der Waals surface area contributed by atoms with Crippen LogP contribution in [0.15, 0.2) is 194 Å². The molecule has 8 aromatic carbocycles. The molecule has 0 saturated carbocycles. The second-order valence-corrected chi connectivity index (χ2v) is 13.2. The van der Waals surface area contributed by atoms with Gasteiger partial charge in [-0.05, 0) is 79.5 Å². The highest BCUT2D eigenvalue weighted by atomic mass is 15.0. The molecule has 0 bridgehead atoms. The summed E-state index contributed by atoms with van der Waals surface area (Å²) in [7, 11) is 0. The van der Waals surface area contributed by atoms with Crippen molar-refractivity contribution in [3.63, 3.8) is 0 Å². The molecule has 0 N–H and O–H groups in total. The highest BCUT2D eigenvalue weighted by Crippen LogP contribution is 2.37. The number of aromatic nitrogens is 3. The van der Waals surface area contributed by atoms with Gasteiger partial charge in [0.15, 0.2) is 17.5 Å². The average molecular weight is 689 g/mol. The van der Waals surface area contributed by atoms with Crippen LogP contribution in [-0.2, 0) is 0 Å². The molecule has 0 saturated heterocycles. The molecule has 0 amide bonds. The monoisotopic (exact) mass is 688 g/mol. The van der Waals surface area contributed by atoms with Gasteiger partial charge in [-0.1, -0.05) is 170 Å². The average Bonchev–Trinajstić information content (AvgIpc) is 3.26. The minimum atomic E-state index is 0.586. The lowest BCUT2D eigenvalue weighted by molar-refractivity contribution is 1.07. The van der Waals surface area contributed by atoms with E-state index in [-0.39, 0.29) is 0 Å². The van der Waals surface area contributed by atoms with Gasteiger partial charge in [0, 0.05) is 16.7 Å². The first-order valence-electron chi connectivity index (χ1n) is 17.9. The van der Waals surface area contributed by atoms with Crippen LogP contribution in [0.2, 0.25) is 0 Å². The van der Waals surface area contributed by atoms with Crippen molar-refractivity contribution >= 4 is 10.8 Å². The van der Waals surface area contributed by atoms with Gasteiger partial charge >= 0.3 is 0 Å². The topological polar surface area (TPSA) is 62.5 Å². The largest absolute Gasteiger partial charge is 0.208 e. The quantitative estimate of drug-likeness (QED) is 0.167. The van der Waals surface area contributed by atoms with Crippen LogP contribution < -0.4 is 0 Å². The molecule has 4 nitrogen and oxygen atoms in total. The smallest absolute Gasteiger partial charge is 0.164 e. The Labute approximate surface area is 314 Å². The third-order valence-electron chi connectivity index (χ3n) is 9.80. The van der Waals surface area contributed by atoms with Gasteiger partial charge < -0.3 is 0 Å². The second-order valence-electron chi connectivity index (χ2n) is 13.2. The standard InChI is InChI=1S/C50H32N4/c51-33-34-15-17-38(18-16-34)40-21-26-42(27-22-40)49-52-48(41-24-19-39(20-25-41)35-9-3-1-4-10-35)53-50(54-49)47-32-44(36-11-5-2-6-12-36)29-30-46(47)45-28-23-37-13-7-8-14-43(37)31-45/h1-32H. The number of nitrogens with zero attached hydrogens (tertiary/aromatic N) is 4. The maximum atomic E-state index is 9.26. The summed E-state index contributed by atoms with van der Waals surface area (Å²) < 4.78 is 0. The van der Waals surface area contributed by atoms with E-state index in [0.717, 1.165) is 61.2 Å². The van der Waals surface area contributed by atoms with Gasteiger partial charge in [0.05, 0.1) is 11.6 Å². The lowest BCUT2D eigenvalue weighted by atomic mass is 9.93. The fourth-order valence-electron chi connectivity index (χ4n) is 6.89. The molecule has 9 rings (SSSR count). The highest BCUT2D eigenvalue weighted by molar-refractivity contribution is 5.92. The molecule has 0 fully saturated rings. The molecule has 0 aliphatic rings. The maximum Gasteiger partial charge on any atom is 0.164 e. The summed E-state index contributed by atoms with van der Waals surface area (Å²) in [6.45, 7) is 0. The van der Waals surface area contributed by atoms with Crippen molar-refractivity contribution in [3.8, 4) is 84.7 Å². The molecule has 0 aliphatic heterocycles.